The first-order valence-corrected chi connectivity index (χ1v) is 8.18. The van der Waals surface area contributed by atoms with Crippen LogP contribution in [0.3, 0.4) is 0 Å². The number of allylic oxidation sites excluding steroid dienone is 1. The number of hydrogen-bond donors (Lipinski definition) is 2. The van der Waals surface area contributed by atoms with Gasteiger partial charge in [0, 0.05) is 0 Å². The van der Waals surface area contributed by atoms with E-state index >= 15 is 0 Å². The van der Waals surface area contributed by atoms with E-state index in [0.29, 0.717) is 5.82 Å². The molecule has 0 unspecified atom stereocenters. The van der Waals surface area contributed by atoms with Crippen LogP contribution in [0.25, 0.3) is 0 Å². The number of hydrogen-bond acceptors (Lipinski definition) is 3. The second-order valence-electron chi connectivity index (χ2n) is 6.21. The number of carbonyl (C=O) groups is 2. The van der Waals surface area contributed by atoms with Crippen LogP contribution in [0.2, 0.25) is 0 Å². The number of amides is 2. The minimum atomic E-state index is -0.594. The van der Waals surface area contributed by atoms with Gasteiger partial charge in [0.2, 0.25) is 5.91 Å². The van der Waals surface area contributed by atoms with Gasteiger partial charge in [0.25, 0.3) is 0 Å². The molecule has 134 valence electrons. The SMILES string of the molecule is CC.CC(C)=C(NC(=O)Cc1ccccc1)NC(=O)OC(C)(C)C. The summed E-state index contributed by atoms with van der Waals surface area (Å²) in [6, 6.07) is 9.41. The van der Waals surface area contributed by atoms with Crippen molar-refractivity contribution in [2.75, 3.05) is 0 Å². The van der Waals surface area contributed by atoms with Crippen LogP contribution in [0.1, 0.15) is 54.0 Å². The maximum Gasteiger partial charge on any atom is 0.413 e. The molecule has 1 rings (SSSR count). The molecular weight excluding hydrogens is 304 g/mol. The Kier molecular flexibility index (Phi) is 9.47. The summed E-state index contributed by atoms with van der Waals surface area (Å²) in [4.78, 5) is 23.9. The van der Waals surface area contributed by atoms with Crippen molar-refractivity contribution in [3.63, 3.8) is 0 Å². The number of rotatable bonds is 4. The molecule has 5 nitrogen and oxygen atoms in total. The van der Waals surface area contributed by atoms with Crippen LogP contribution < -0.4 is 10.6 Å². The third-order valence-electron chi connectivity index (χ3n) is 2.60. The van der Waals surface area contributed by atoms with Crippen molar-refractivity contribution in [1.29, 1.82) is 0 Å². The molecule has 1 aromatic carbocycles. The molecular formula is C19H30N2O3. The normalized spacial score (nSPS) is 9.96. The molecule has 0 bridgehead atoms. The lowest BCUT2D eigenvalue weighted by atomic mass is 10.1. The van der Waals surface area contributed by atoms with Crippen molar-refractivity contribution >= 4 is 12.0 Å². The molecule has 0 spiro atoms. The first kappa shape index (κ1) is 21.7. The smallest absolute Gasteiger partial charge is 0.413 e. The van der Waals surface area contributed by atoms with E-state index in [0.717, 1.165) is 11.1 Å². The lowest BCUT2D eigenvalue weighted by Crippen LogP contribution is -2.39. The van der Waals surface area contributed by atoms with Crippen LogP contribution in [0.5, 0.6) is 0 Å². The molecule has 0 aliphatic carbocycles. The quantitative estimate of drug-likeness (QED) is 0.869. The Labute approximate surface area is 145 Å². The second-order valence-corrected chi connectivity index (χ2v) is 6.21. The average Bonchev–Trinajstić information content (AvgIpc) is 2.47. The Hall–Kier alpha value is -2.30. The van der Waals surface area contributed by atoms with Gasteiger partial charge in [0.05, 0.1) is 6.42 Å². The molecule has 0 radical (unpaired) electrons. The molecule has 0 fully saturated rings. The monoisotopic (exact) mass is 334 g/mol. The van der Waals surface area contributed by atoms with Gasteiger partial charge in [-0.1, -0.05) is 44.2 Å². The van der Waals surface area contributed by atoms with Crippen LogP contribution in [-0.2, 0) is 16.0 Å². The van der Waals surface area contributed by atoms with Crippen LogP contribution in [-0.4, -0.2) is 17.6 Å². The summed E-state index contributed by atoms with van der Waals surface area (Å²) in [6.07, 6.45) is -0.350. The van der Waals surface area contributed by atoms with Gasteiger partial charge in [0.15, 0.2) is 0 Å². The molecule has 2 N–H and O–H groups in total. The van der Waals surface area contributed by atoms with Gasteiger partial charge in [-0.2, -0.15) is 0 Å². The molecule has 0 aromatic heterocycles. The van der Waals surface area contributed by atoms with Crippen LogP contribution in [0, 0.1) is 0 Å². The fraction of sp³-hybridized carbons (Fsp3) is 0.474. The number of carbonyl (C=O) groups excluding carboxylic acids is 2. The van der Waals surface area contributed by atoms with E-state index in [9.17, 15) is 9.59 Å². The fourth-order valence-electron chi connectivity index (χ4n) is 1.65. The van der Waals surface area contributed by atoms with Gasteiger partial charge in [0.1, 0.15) is 11.4 Å². The van der Waals surface area contributed by atoms with Gasteiger partial charge in [-0.3, -0.25) is 10.1 Å². The molecule has 0 aliphatic rings. The Morgan fingerprint density at radius 3 is 2.00 bits per heavy atom. The highest BCUT2D eigenvalue weighted by molar-refractivity contribution is 5.81. The molecule has 0 heterocycles. The van der Waals surface area contributed by atoms with E-state index in [1.165, 1.54) is 0 Å². The van der Waals surface area contributed by atoms with E-state index < -0.39 is 11.7 Å². The van der Waals surface area contributed by atoms with Crippen molar-refractivity contribution < 1.29 is 14.3 Å². The zero-order valence-electron chi connectivity index (χ0n) is 15.8. The average molecular weight is 334 g/mol. The summed E-state index contributed by atoms with van der Waals surface area (Å²) in [5.41, 5.74) is 1.10. The van der Waals surface area contributed by atoms with Crippen LogP contribution in [0.4, 0.5) is 4.79 Å². The van der Waals surface area contributed by atoms with Gasteiger partial charge in [-0.05, 0) is 45.8 Å². The number of benzene rings is 1. The predicted molar refractivity (Wildman–Crippen MR) is 97.4 cm³/mol. The lowest BCUT2D eigenvalue weighted by molar-refractivity contribution is -0.119. The molecule has 2 amide bonds. The Balaban J connectivity index is 0.00000254. The first-order valence-electron chi connectivity index (χ1n) is 8.18. The maximum atomic E-state index is 12.1. The van der Waals surface area contributed by atoms with E-state index in [2.05, 4.69) is 10.6 Å². The highest BCUT2D eigenvalue weighted by Crippen LogP contribution is 2.08. The van der Waals surface area contributed by atoms with Crippen molar-refractivity contribution in [3.05, 3.63) is 47.3 Å². The van der Waals surface area contributed by atoms with Crippen molar-refractivity contribution in [1.82, 2.24) is 10.6 Å². The molecule has 0 saturated heterocycles. The minimum absolute atomic E-state index is 0.196. The highest BCUT2D eigenvalue weighted by Gasteiger charge is 2.18. The van der Waals surface area contributed by atoms with Crippen molar-refractivity contribution in [2.45, 2.75) is 60.5 Å². The van der Waals surface area contributed by atoms with E-state index in [4.69, 9.17) is 4.74 Å². The minimum Gasteiger partial charge on any atom is -0.444 e. The van der Waals surface area contributed by atoms with Gasteiger partial charge >= 0.3 is 6.09 Å². The number of alkyl carbamates (subject to hydrolysis) is 1. The van der Waals surface area contributed by atoms with Gasteiger partial charge in [-0.15, -0.1) is 0 Å². The van der Waals surface area contributed by atoms with E-state index in [1.54, 1.807) is 34.6 Å². The second kappa shape index (κ2) is 10.5. The summed E-state index contributed by atoms with van der Waals surface area (Å²) in [5, 5.41) is 5.29. The molecule has 0 atom stereocenters. The standard InChI is InChI=1S/C17H24N2O3.C2H6/c1-12(2)15(19-16(21)22-17(3,4)5)18-14(20)11-13-9-7-6-8-10-13;1-2/h6-10H,11H2,1-5H3,(H,18,20)(H,19,21);1-2H3. The topological polar surface area (TPSA) is 67.4 Å². The van der Waals surface area contributed by atoms with Crippen molar-refractivity contribution in [3.8, 4) is 0 Å². The number of ether oxygens (including phenoxy) is 1. The van der Waals surface area contributed by atoms with E-state index in [-0.39, 0.29) is 12.3 Å². The third-order valence-corrected chi connectivity index (χ3v) is 2.60. The summed E-state index contributed by atoms with van der Waals surface area (Å²) >= 11 is 0. The molecule has 0 aliphatic heterocycles. The maximum absolute atomic E-state index is 12.1. The van der Waals surface area contributed by atoms with Crippen LogP contribution in [0.15, 0.2) is 41.7 Å². The highest BCUT2D eigenvalue weighted by atomic mass is 16.6. The zero-order valence-corrected chi connectivity index (χ0v) is 15.8. The third kappa shape index (κ3) is 9.66. The largest absolute Gasteiger partial charge is 0.444 e. The summed E-state index contributed by atoms with van der Waals surface area (Å²) in [7, 11) is 0. The summed E-state index contributed by atoms with van der Waals surface area (Å²) < 4.78 is 5.18. The zero-order chi connectivity index (χ0) is 18.8. The summed E-state index contributed by atoms with van der Waals surface area (Å²) in [5.74, 6) is 0.161. The molecule has 5 heteroatoms. The Morgan fingerprint density at radius 1 is 1.00 bits per heavy atom. The van der Waals surface area contributed by atoms with E-state index in [1.807, 2.05) is 44.2 Å². The Morgan fingerprint density at radius 2 is 1.54 bits per heavy atom. The van der Waals surface area contributed by atoms with Crippen LogP contribution >= 0.6 is 0 Å². The molecule has 1 aromatic rings. The first-order chi connectivity index (χ1) is 11.2. The lowest BCUT2D eigenvalue weighted by Gasteiger charge is -2.21. The Bertz CT molecular complexity index is 554. The van der Waals surface area contributed by atoms with Gasteiger partial charge in [-0.25, -0.2) is 4.79 Å². The molecule has 0 saturated carbocycles. The van der Waals surface area contributed by atoms with Crippen molar-refractivity contribution in [2.24, 2.45) is 0 Å². The molecule has 24 heavy (non-hydrogen) atoms. The fourth-order valence-corrected chi connectivity index (χ4v) is 1.65. The summed E-state index contributed by atoms with van der Waals surface area (Å²) in [6.45, 7) is 12.9. The van der Waals surface area contributed by atoms with Gasteiger partial charge < -0.3 is 10.1 Å². The number of nitrogens with one attached hydrogen (secondary N) is 2. The predicted octanol–water partition coefficient (Wildman–Crippen LogP) is 4.15.